The lowest BCUT2D eigenvalue weighted by Crippen LogP contribution is -2.24. The summed E-state index contributed by atoms with van der Waals surface area (Å²) < 4.78 is 0. The zero-order chi connectivity index (χ0) is 11.8. The number of hydrogen-bond donors (Lipinski definition) is 0. The van der Waals surface area contributed by atoms with E-state index in [2.05, 4.69) is 56.9 Å². The Balaban J connectivity index is 2.50. The number of rotatable bonds is 2. The smallest absolute Gasteiger partial charge is 0.0707 e. The maximum absolute atomic E-state index is 4.76. The van der Waals surface area contributed by atoms with E-state index in [1.165, 1.54) is 22.7 Å². The lowest BCUT2D eigenvalue weighted by Gasteiger charge is -2.16. The van der Waals surface area contributed by atoms with Gasteiger partial charge in [-0.3, -0.25) is 4.98 Å². The van der Waals surface area contributed by atoms with Crippen LogP contribution in [0.4, 0.5) is 0 Å². The highest BCUT2D eigenvalue weighted by Crippen LogP contribution is 2.19. The highest BCUT2D eigenvalue weighted by molar-refractivity contribution is 6.75. The fourth-order valence-corrected chi connectivity index (χ4v) is 3.32. The lowest BCUT2D eigenvalue weighted by molar-refractivity contribution is 1.16. The first-order valence-corrected chi connectivity index (χ1v) is 9.52. The first-order valence-electron chi connectivity index (χ1n) is 5.81. The molecule has 2 rings (SSSR count). The summed E-state index contributed by atoms with van der Waals surface area (Å²) in [4.78, 5) is 4.76. The molecule has 0 fully saturated rings. The molecule has 0 aliphatic rings. The summed E-state index contributed by atoms with van der Waals surface area (Å²) >= 11 is 0. The third-order valence-corrected chi connectivity index (χ3v) is 4.11. The van der Waals surface area contributed by atoms with Gasteiger partial charge in [-0.05, 0) is 30.7 Å². The Kier molecular flexibility index (Phi) is 2.85. The monoisotopic (exact) mass is 229 g/mol. The van der Waals surface area contributed by atoms with Gasteiger partial charge in [-0.1, -0.05) is 37.8 Å². The van der Waals surface area contributed by atoms with E-state index < -0.39 is 8.07 Å². The largest absolute Gasteiger partial charge is 0.253 e. The molecule has 0 N–H and O–H groups in total. The van der Waals surface area contributed by atoms with Crippen LogP contribution in [0.15, 0.2) is 30.3 Å². The second-order valence-electron chi connectivity index (χ2n) is 5.69. The van der Waals surface area contributed by atoms with Gasteiger partial charge in [0.2, 0.25) is 0 Å². The van der Waals surface area contributed by atoms with Crippen LogP contribution < -0.4 is 0 Å². The van der Waals surface area contributed by atoms with Crippen molar-refractivity contribution in [2.24, 2.45) is 0 Å². The van der Waals surface area contributed by atoms with E-state index in [9.17, 15) is 0 Å². The van der Waals surface area contributed by atoms with E-state index >= 15 is 0 Å². The summed E-state index contributed by atoms with van der Waals surface area (Å²) in [6, 6.07) is 11.8. The molecule has 0 atom stereocenters. The molecular formula is C14H19NSi. The van der Waals surface area contributed by atoms with Crippen molar-refractivity contribution >= 4 is 19.0 Å². The fraction of sp³-hybridized carbons (Fsp3) is 0.357. The highest BCUT2D eigenvalue weighted by Gasteiger charge is 2.15. The molecule has 0 spiro atoms. The topological polar surface area (TPSA) is 12.9 Å². The third-order valence-electron chi connectivity index (χ3n) is 2.69. The van der Waals surface area contributed by atoms with Crippen molar-refractivity contribution < 1.29 is 0 Å². The van der Waals surface area contributed by atoms with E-state index in [-0.39, 0.29) is 0 Å². The second kappa shape index (κ2) is 4.02. The minimum atomic E-state index is -1.07. The summed E-state index contributed by atoms with van der Waals surface area (Å²) in [5, 5.41) is 1.28. The molecule has 16 heavy (non-hydrogen) atoms. The standard InChI is InChI=1S/C14H19NSi/c1-11-9-12(10-16(2,3)4)15-14-8-6-5-7-13(11)14/h5-9H,10H2,1-4H3. The van der Waals surface area contributed by atoms with E-state index in [4.69, 9.17) is 4.98 Å². The number of aryl methyl sites for hydroxylation is 1. The minimum absolute atomic E-state index is 1.07. The van der Waals surface area contributed by atoms with Crippen LogP contribution in [-0.4, -0.2) is 13.1 Å². The molecular weight excluding hydrogens is 210 g/mol. The Morgan fingerprint density at radius 1 is 1.12 bits per heavy atom. The molecule has 0 bridgehead atoms. The highest BCUT2D eigenvalue weighted by atomic mass is 28.3. The molecule has 0 radical (unpaired) electrons. The molecule has 0 unspecified atom stereocenters. The predicted octanol–water partition coefficient (Wildman–Crippen LogP) is 3.96. The molecule has 2 aromatic rings. The maximum Gasteiger partial charge on any atom is 0.0707 e. The van der Waals surface area contributed by atoms with E-state index in [1.54, 1.807) is 0 Å². The molecule has 1 nitrogen and oxygen atoms in total. The number of nitrogens with zero attached hydrogens (tertiary/aromatic N) is 1. The SMILES string of the molecule is Cc1cc(C[Si](C)(C)C)nc2ccccc12. The first kappa shape index (κ1) is 11.3. The van der Waals surface area contributed by atoms with Crippen molar-refractivity contribution in [3.63, 3.8) is 0 Å². The van der Waals surface area contributed by atoms with Gasteiger partial charge in [-0.15, -0.1) is 0 Å². The van der Waals surface area contributed by atoms with Crippen molar-refractivity contribution in [2.45, 2.75) is 32.6 Å². The molecule has 0 aliphatic heterocycles. The molecule has 2 heteroatoms. The maximum atomic E-state index is 4.76. The number of aromatic nitrogens is 1. The van der Waals surface area contributed by atoms with Crippen molar-refractivity contribution in [1.29, 1.82) is 0 Å². The number of pyridine rings is 1. The normalized spacial score (nSPS) is 12.0. The van der Waals surface area contributed by atoms with Crippen molar-refractivity contribution in [3.05, 3.63) is 41.6 Å². The van der Waals surface area contributed by atoms with Gasteiger partial charge in [0.15, 0.2) is 0 Å². The van der Waals surface area contributed by atoms with Crippen LogP contribution in [0.25, 0.3) is 10.9 Å². The van der Waals surface area contributed by atoms with Crippen LogP contribution in [0.2, 0.25) is 19.6 Å². The van der Waals surface area contributed by atoms with Crippen LogP contribution in [0.5, 0.6) is 0 Å². The Morgan fingerprint density at radius 3 is 2.50 bits per heavy atom. The molecule has 1 aromatic heterocycles. The van der Waals surface area contributed by atoms with Crippen LogP contribution in [0.3, 0.4) is 0 Å². The molecule has 0 amide bonds. The Hall–Kier alpha value is -1.15. The fourth-order valence-electron chi connectivity index (χ4n) is 2.05. The van der Waals surface area contributed by atoms with Crippen LogP contribution in [0, 0.1) is 6.92 Å². The molecule has 0 aliphatic carbocycles. The number of para-hydroxylation sites is 1. The van der Waals surface area contributed by atoms with Crippen LogP contribution in [-0.2, 0) is 6.04 Å². The average molecular weight is 229 g/mol. The number of fused-ring (bicyclic) bond motifs is 1. The molecule has 0 saturated carbocycles. The number of benzene rings is 1. The second-order valence-corrected chi connectivity index (χ2v) is 11.2. The van der Waals surface area contributed by atoms with Crippen molar-refractivity contribution in [3.8, 4) is 0 Å². The minimum Gasteiger partial charge on any atom is -0.253 e. The summed E-state index contributed by atoms with van der Waals surface area (Å²) in [7, 11) is -1.07. The average Bonchev–Trinajstić information content (AvgIpc) is 2.15. The quantitative estimate of drug-likeness (QED) is 0.710. The zero-order valence-corrected chi connectivity index (χ0v) is 11.5. The van der Waals surface area contributed by atoms with Gasteiger partial charge in [0, 0.05) is 11.1 Å². The van der Waals surface area contributed by atoms with Crippen molar-refractivity contribution in [2.75, 3.05) is 0 Å². The summed E-state index contributed by atoms with van der Waals surface area (Å²) in [5.41, 5.74) is 3.74. The number of hydrogen-bond acceptors (Lipinski definition) is 1. The molecule has 0 saturated heterocycles. The summed E-state index contributed by atoms with van der Waals surface area (Å²) in [6.45, 7) is 9.34. The van der Waals surface area contributed by atoms with Gasteiger partial charge < -0.3 is 0 Å². The Morgan fingerprint density at radius 2 is 1.81 bits per heavy atom. The molecule has 1 heterocycles. The van der Waals surface area contributed by atoms with Crippen molar-refractivity contribution in [1.82, 2.24) is 4.98 Å². The van der Waals surface area contributed by atoms with E-state index in [0.717, 1.165) is 5.52 Å². The Bertz CT molecular complexity index is 512. The predicted molar refractivity (Wildman–Crippen MR) is 73.5 cm³/mol. The third kappa shape index (κ3) is 2.50. The van der Waals surface area contributed by atoms with Gasteiger partial charge in [0.05, 0.1) is 13.6 Å². The van der Waals surface area contributed by atoms with Gasteiger partial charge >= 0.3 is 0 Å². The van der Waals surface area contributed by atoms with E-state index in [0.29, 0.717) is 0 Å². The first-order chi connectivity index (χ1) is 7.46. The van der Waals surface area contributed by atoms with Gasteiger partial charge in [0.25, 0.3) is 0 Å². The zero-order valence-electron chi connectivity index (χ0n) is 10.5. The Labute approximate surface area is 98.5 Å². The van der Waals surface area contributed by atoms with E-state index in [1.807, 2.05) is 0 Å². The summed E-state index contributed by atoms with van der Waals surface area (Å²) in [5.74, 6) is 0. The van der Waals surface area contributed by atoms with Gasteiger partial charge in [-0.25, -0.2) is 0 Å². The summed E-state index contributed by atoms with van der Waals surface area (Å²) in [6.07, 6.45) is 0. The van der Waals surface area contributed by atoms with Crippen LogP contribution >= 0.6 is 0 Å². The van der Waals surface area contributed by atoms with Gasteiger partial charge in [0.1, 0.15) is 0 Å². The van der Waals surface area contributed by atoms with Crippen LogP contribution in [0.1, 0.15) is 11.3 Å². The lowest BCUT2D eigenvalue weighted by atomic mass is 10.1. The molecule has 1 aromatic carbocycles. The molecule has 84 valence electrons. The van der Waals surface area contributed by atoms with Gasteiger partial charge in [-0.2, -0.15) is 0 Å².